The molecule has 30 heavy (non-hydrogen) atoms. The lowest BCUT2D eigenvalue weighted by Crippen LogP contribution is -2.42. The van der Waals surface area contributed by atoms with E-state index in [4.69, 9.17) is 5.11 Å². The maximum absolute atomic E-state index is 14.0. The lowest BCUT2D eigenvalue weighted by molar-refractivity contribution is 0.0698. The van der Waals surface area contributed by atoms with E-state index < -0.39 is 5.82 Å². The highest BCUT2D eigenvalue weighted by atomic mass is 19.1. The predicted molar refractivity (Wildman–Crippen MR) is 113 cm³/mol. The zero-order valence-electron chi connectivity index (χ0n) is 17.3. The van der Waals surface area contributed by atoms with Crippen LogP contribution in [0.15, 0.2) is 36.7 Å². The quantitative estimate of drug-likeness (QED) is 0.714. The van der Waals surface area contributed by atoms with Crippen LogP contribution in [-0.2, 0) is 6.54 Å². The van der Waals surface area contributed by atoms with E-state index in [1.165, 1.54) is 12.1 Å². The minimum atomic E-state index is -0.398. The Morgan fingerprint density at radius 2 is 2.13 bits per heavy atom. The molecule has 3 aromatic rings. The molecule has 2 aromatic heterocycles. The first-order valence-corrected chi connectivity index (χ1v) is 10.2. The molecule has 1 atom stereocenters. The van der Waals surface area contributed by atoms with Crippen LogP contribution in [0.3, 0.4) is 0 Å². The Morgan fingerprint density at radius 1 is 1.30 bits per heavy atom. The smallest absolute Gasteiger partial charge is 0.254 e. The number of halogens is 1. The van der Waals surface area contributed by atoms with Crippen molar-refractivity contribution in [2.45, 2.75) is 25.9 Å². The Kier molecular flexibility index (Phi) is 5.78. The van der Waals surface area contributed by atoms with Crippen molar-refractivity contribution < 1.29 is 14.3 Å². The topological polar surface area (TPSA) is 74.5 Å². The molecule has 1 amide bonds. The maximum Gasteiger partial charge on any atom is 0.254 e. The van der Waals surface area contributed by atoms with Gasteiger partial charge in [0.25, 0.3) is 5.91 Å². The van der Waals surface area contributed by atoms with Gasteiger partial charge in [0.1, 0.15) is 5.82 Å². The van der Waals surface area contributed by atoms with E-state index in [2.05, 4.69) is 22.0 Å². The van der Waals surface area contributed by atoms with Crippen LogP contribution in [-0.4, -0.2) is 74.9 Å². The highest BCUT2D eigenvalue weighted by Crippen LogP contribution is 2.27. The summed E-state index contributed by atoms with van der Waals surface area (Å²) in [7, 11) is 2.06. The summed E-state index contributed by atoms with van der Waals surface area (Å²) in [6, 6.07) is 6.11. The third kappa shape index (κ3) is 4.06. The molecule has 3 heterocycles. The number of carbonyl (C=O) groups is 1. The predicted octanol–water partition coefficient (Wildman–Crippen LogP) is 2.40. The summed E-state index contributed by atoms with van der Waals surface area (Å²) in [5.74, 6) is -0.509. The molecule has 7 nitrogen and oxygen atoms in total. The van der Waals surface area contributed by atoms with Gasteiger partial charge in [0.15, 0.2) is 0 Å². The van der Waals surface area contributed by atoms with Crippen molar-refractivity contribution in [1.82, 2.24) is 24.6 Å². The van der Waals surface area contributed by atoms with Crippen LogP contribution in [0, 0.1) is 5.82 Å². The van der Waals surface area contributed by atoms with Crippen LogP contribution < -0.4 is 0 Å². The Labute approximate surface area is 174 Å². The second-order valence-corrected chi connectivity index (χ2v) is 7.90. The molecule has 1 N–H and O–H groups in total. The Bertz CT molecular complexity index is 1070. The fourth-order valence-corrected chi connectivity index (χ4v) is 4.07. The minimum absolute atomic E-state index is 0.0173. The van der Waals surface area contributed by atoms with E-state index in [-0.39, 0.29) is 18.6 Å². The van der Waals surface area contributed by atoms with E-state index in [1.807, 2.05) is 11.8 Å². The third-order valence-corrected chi connectivity index (χ3v) is 5.57. The van der Waals surface area contributed by atoms with Gasteiger partial charge in [0.05, 0.1) is 36.1 Å². The molecule has 0 saturated carbocycles. The molecule has 158 valence electrons. The monoisotopic (exact) mass is 411 g/mol. The zero-order chi connectivity index (χ0) is 21.3. The van der Waals surface area contributed by atoms with Gasteiger partial charge >= 0.3 is 0 Å². The van der Waals surface area contributed by atoms with E-state index in [0.717, 1.165) is 25.1 Å². The van der Waals surface area contributed by atoms with Gasteiger partial charge in [-0.25, -0.2) is 9.37 Å². The highest BCUT2D eigenvalue weighted by molar-refractivity contribution is 6.07. The fraction of sp³-hybridized carbons (Fsp3) is 0.409. The van der Waals surface area contributed by atoms with Crippen LogP contribution in [0.2, 0.25) is 0 Å². The van der Waals surface area contributed by atoms with Gasteiger partial charge in [-0.15, -0.1) is 0 Å². The molecule has 1 fully saturated rings. The molecule has 4 rings (SSSR count). The third-order valence-electron chi connectivity index (χ3n) is 5.57. The molecular formula is C22H26FN5O2. The van der Waals surface area contributed by atoms with Crippen molar-refractivity contribution in [3.8, 4) is 11.3 Å². The largest absolute Gasteiger partial charge is 0.394 e. The van der Waals surface area contributed by atoms with Gasteiger partial charge in [0.2, 0.25) is 0 Å². The number of pyridine rings is 1. The number of aromatic nitrogens is 3. The first-order chi connectivity index (χ1) is 14.5. The number of amides is 1. The van der Waals surface area contributed by atoms with Gasteiger partial charge < -0.3 is 14.9 Å². The SMILES string of the molecule is CC1CN(C)CCCN1C(=O)c1cc(-c2cnn(CCO)c2)nc2ccc(F)cc12. The second kappa shape index (κ2) is 8.49. The summed E-state index contributed by atoms with van der Waals surface area (Å²) < 4.78 is 15.7. The van der Waals surface area contributed by atoms with Crippen LogP contribution in [0.5, 0.6) is 0 Å². The molecule has 1 aliphatic rings. The summed E-state index contributed by atoms with van der Waals surface area (Å²) in [5, 5.41) is 13.9. The summed E-state index contributed by atoms with van der Waals surface area (Å²) in [5.41, 5.74) is 2.35. The van der Waals surface area contributed by atoms with E-state index >= 15 is 0 Å². The minimum Gasteiger partial charge on any atom is -0.394 e. The van der Waals surface area contributed by atoms with E-state index in [9.17, 15) is 9.18 Å². The number of benzene rings is 1. The Morgan fingerprint density at radius 3 is 2.93 bits per heavy atom. The zero-order valence-corrected chi connectivity index (χ0v) is 17.3. The number of nitrogens with zero attached hydrogens (tertiary/aromatic N) is 5. The van der Waals surface area contributed by atoms with E-state index in [0.29, 0.717) is 35.2 Å². The number of carbonyl (C=O) groups excluding carboxylic acids is 1. The highest BCUT2D eigenvalue weighted by Gasteiger charge is 2.27. The number of hydrogen-bond acceptors (Lipinski definition) is 5. The maximum atomic E-state index is 14.0. The average molecular weight is 411 g/mol. The molecule has 0 spiro atoms. The van der Waals surface area contributed by atoms with Crippen LogP contribution in [0.4, 0.5) is 4.39 Å². The van der Waals surface area contributed by atoms with Crippen molar-refractivity contribution >= 4 is 16.8 Å². The second-order valence-electron chi connectivity index (χ2n) is 7.90. The van der Waals surface area contributed by atoms with Crippen LogP contribution >= 0.6 is 0 Å². The summed E-state index contributed by atoms with van der Waals surface area (Å²) in [4.78, 5) is 22.3. The standard InChI is InChI=1S/C22H26FN5O2/c1-15-13-26(2)6-3-7-28(15)22(30)19-11-21(16-12-24-27(14-16)8-9-29)25-20-5-4-17(23)10-18(19)20/h4-5,10-12,14-15,29H,3,6-9,13H2,1-2H3. The molecule has 1 aliphatic heterocycles. The Balaban J connectivity index is 1.80. The van der Waals surface area contributed by atoms with Gasteiger partial charge in [-0.2, -0.15) is 5.10 Å². The van der Waals surface area contributed by atoms with Crippen LogP contribution in [0.25, 0.3) is 22.2 Å². The number of hydrogen-bond donors (Lipinski definition) is 1. The molecule has 1 saturated heterocycles. The molecule has 1 aromatic carbocycles. The van der Waals surface area contributed by atoms with Crippen molar-refractivity contribution in [3.05, 3.63) is 48.0 Å². The lowest BCUT2D eigenvalue weighted by Gasteiger charge is -2.28. The molecule has 0 radical (unpaired) electrons. The van der Waals surface area contributed by atoms with Gasteiger partial charge in [0, 0.05) is 36.3 Å². The number of likely N-dealkylation sites (N-methyl/N-ethyl adjacent to an activating group) is 1. The average Bonchev–Trinajstić information content (AvgIpc) is 3.11. The first kappa shape index (κ1) is 20.4. The number of aliphatic hydroxyl groups excluding tert-OH is 1. The fourth-order valence-electron chi connectivity index (χ4n) is 4.07. The first-order valence-electron chi connectivity index (χ1n) is 10.2. The lowest BCUT2D eigenvalue weighted by atomic mass is 10.0. The molecule has 1 unspecified atom stereocenters. The number of rotatable bonds is 4. The number of fused-ring (bicyclic) bond motifs is 1. The van der Waals surface area contributed by atoms with Gasteiger partial charge in [-0.05, 0) is 51.2 Å². The summed E-state index contributed by atoms with van der Waals surface area (Å²) >= 11 is 0. The molecular weight excluding hydrogens is 385 g/mol. The molecule has 0 bridgehead atoms. The van der Waals surface area contributed by atoms with Crippen molar-refractivity contribution in [3.63, 3.8) is 0 Å². The Hall–Kier alpha value is -2.84. The van der Waals surface area contributed by atoms with Crippen molar-refractivity contribution in [2.24, 2.45) is 0 Å². The van der Waals surface area contributed by atoms with Gasteiger partial charge in [-0.1, -0.05) is 0 Å². The van der Waals surface area contributed by atoms with Crippen LogP contribution in [0.1, 0.15) is 23.7 Å². The molecule has 8 heteroatoms. The number of aliphatic hydroxyl groups is 1. The van der Waals surface area contributed by atoms with Crippen molar-refractivity contribution in [2.75, 3.05) is 33.3 Å². The van der Waals surface area contributed by atoms with E-state index in [1.54, 1.807) is 29.2 Å². The molecule has 0 aliphatic carbocycles. The summed E-state index contributed by atoms with van der Waals surface area (Å²) in [6.45, 7) is 4.80. The van der Waals surface area contributed by atoms with Gasteiger partial charge in [-0.3, -0.25) is 9.48 Å². The normalized spacial score (nSPS) is 18.0. The summed E-state index contributed by atoms with van der Waals surface area (Å²) in [6.07, 6.45) is 4.33. The van der Waals surface area contributed by atoms with Crippen molar-refractivity contribution in [1.29, 1.82) is 0 Å².